The van der Waals surface area contributed by atoms with E-state index < -0.39 is 24.7 Å². The number of hydrogen-bond acceptors (Lipinski definition) is 3. The quantitative estimate of drug-likeness (QED) is 0.787. The van der Waals surface area contributed by atoms with E-state index in [4.69, 9.17) is 5.73 Å². The zero-order chi connectivity index (χ0) is 12.1. The van der Waals surface area contributed by atoms with Gasteiger partial charge in [-0.15, -0.1) is 0 Å². The standard InChI is InChI=1S/C8H15F3N2OS/c1-13(5-8(9,10)11)7(14)6(12)3-4-15-2/h6H,3-5,12H2,1-2H3/t6-/m0/s1. The molecule has 15 heavy (non-hydrogen) atoms. The zero-order valence-electron chi connectivity index (χ0n) is 8.67. The smallest absolute Gasteiger partial charge is 0.335 e. The average Bonchev–Trinajstić information content (AvgIpc) is 2.10. The third kappa shape index (κ3) is 6.62. The molecule has 1 atom stereocenters. The van der Waals surface area contributed by atoms with Crippen molar-refractivity contribution in [2.24, 2.45) is 5.73 Å². The lowest BCUT2D eigenvalue weighted by atomic mass is 10.2. The van der Waals surface area contributed by atoms with Gasteiger partial charge in [0, 0.05) is 7.05 Å². The highest BCUT2D eigenvalue weighted by atomic mass is 32.2. The molecule has 0 aliphatic rings. The minimum Gasteiger partial charge on any atom is -0.335 e. The molecule has 0 radical (unpaired) electrons. The molecule has 0 aromatic carbocycles. The maximum atomic E-state index is 11.9. The largest absolute Gasteiger partial charge is 0.406 e. The molecule has 0 spiro atoms. The first-order valence-electron chi connectivity index (χ1n) is 4.34. The van der Waals surface area contributed by atoms with Crippen LogP contribution in [0.4, 0.5) is 13.2 Å². The predicted octanol–water partition coefficient (Wildman–Crippen LogP) is 1.09. The van der Waals surface area contributed by atoms with Gasteiger partial charge in [-0.2, -0.15) is 24.9 Å². The first-order chi connectivity index (χ1) is 6.78. The van der Waals surface area contributed by atoms with Gasteiger partial charge in [-0.25, -0.2) is 0 Å². The Kier molecular flexibility index (Phi) is 6.04. The molecule has 0 saturated carbocycles. The molecule has 0 aromatic rings. The van der Waals surface area contributed by atoms with Crippen LogP contribution in [-0.4, -0.2) is 48.6 Å². The summed E-state index contributed by atoms with van der Waals surface area (Å²) < 4.78 is 35.8. The molecule has 90 valence electrons. The summed E-state index contributed by atoms with van der Waals surface area (Å²) in [5.74, 6) is -0.00590. The number of amides is 1. The fourth-order valence-electron chi connectivity index (χ4n) is 0.998. The Morgan fingerprint density at radius 3 is 2.47 bits per heavy atom. The highest BCUT2D eigenvalue weighted by molar-refractivity contribution is 7.98. The van der Waals surface area contributed by atoms with Gasteiger partial charge in [0.15, 0.2) is 0 Å². The number of likely N-dealkylation sites (N-methyl/N-ethyl adjacent to an activating group) is 1. The monoisotopic (exact) mass is 244 g/mol. The second kappa shape index (κ2) is 6.22. The summed E-state index contributed by atoms with van der Waals surface area (Å²) in [4.78, 5) is 11.9. The van der Waals surface area contributed by atoms with Crippen LogP contribution >= 0.6 is 11.8 Å². The Labute approximate surface area is 91.2 Å². The number of rotatable bonds is 5. The van der Waals surface area contributed by atoms with Gasteiger partial charge in [0.05, 0.1) is 6.04 Å². The lowest BCUT2D eigenvalue weighted by Gasteiger charge is -2.22. The lowest BCUT2D eigenvalue weighted by molar-refractivity contribution is -0.159. The van der Waals surface area contributed by atoms with Crippen LogP contribution in [0.1, 0.15) is 6.42 Å². The highest BCUT2D eigenvalue weighted by Gasteiger charge is 2.32. The number of alkyl halides is 3. The van der Waals surface area contributed by atoms with E-state index in [0.717, 1.165) is 7.05 Å². The van der Waals surface area contributed by atoms with Crippen LogP contribution < -0.4 is 5.73 Å². The maximum Gasteiger partial charge on any atom is 0.406 e. The first-order valence-corrected chi connectivity index (χ1v) is 5.73. The van der Waals surface area contributed by atoms with Gasteiger partial charge in [0.1, 0.15) is 6.54 Å². The van der Waals surface area contributed by atoms with Crippen LogP contribution in [0.5, 0.6) is 0 Å². The summed E-state index contributed by atoms with van der Waals surface area (Å²) in [6, 6.07) is -0.843. The average molecular weight is 244 g/mol. The predicted molar refractivity (Wildman–Crippen MR) is 54.7 cm³/mol. The first kappa shape index (κ1) is 14.6. The molecule has 0 bridgehead atoms. The summed E-state index contributed by atoms with van der Waals surface area (Å²) >= 11 is 1.50. The summed E-state index contributed by atoms with van der Waals surface area (Å²) in [7, 11) is 1.11. The molecule has 7 heteroatoms. The number of nitrogens with two attached hydrogens (primary N) is 1. The molecular weight excluding hydrogens is 229 g/mol. The molecule has 0 saturated heterocycles. The minimum absolute atomic E-state index is 0.391. The number of thioether (sulfide) groups is 1. The normalized spacial score (nSPS) is 13.7. The summed E-state index contributed by atoms with van der Waals surface area (Å²) in [6.07, 6.45) is -2.14. The minimum atomic E-state index is -4.37. The maximum absolute atomic E-state index is 11.9. The van der Waals surface area contributed by atoms with Gasteiger partial charge in [-0.1, -0.05) is 0 Å². The third-order valence-corrected chi connectivity index (χ3v) is 2.39. The Morgan fingerprint density at radius 1 is 1.53 bits per heavy atom. The number of hydrogen-bond donors (Lipinski definition) is 1. The van der Waals surface area contributed by atoms with Crippen molar-refractivity contribution in [1.82, 2.24) is 4.90 Å². The number of nitrogens with zero attached hydrogens (tertiary/aromatic N) is 1. The number of carbonyl (C=O) groups is 1. The number of halogens is 3. The van der Waals surface area contributed by atoms with Crippen molar-refractivity contribution in [1.29, 1.82) is 0 Å². The SMILES string of the molecule is CSCC[C@H](N)C(=O)N(C)CC(F)(F)F. The van der Waals surface area contributed by atoms with E-state index in [1.54, 1.807) is 0 Å². The van der Waals surface area contributed by atoms with Crippen LogP contribution in [0, 0.1) is 0 Å². The lowest BCUT2D eigenvalue weighted by Crippen LogP contribution is -2.45. The van der Waals surface area contributed by atoms with Crippen molar-refractivity contribution in [2.45, 2.75) is 18.6 Å². The Hall–Kier alpha value is -0.430. The zero-order valence-corrected chi connectivity index (χ0v) is 9.49. The van der Waals surface area contributed by atoms with Crippen molar-refractivity contribution in [2.75, 3.05) is 25.6 Å². The van der Waals surface area contributed by atoms with Gasteiger partial charge in [-0.05, 0) is 18.4 Å². The molecule has 0 unspecified atom stereocenters. The molecule has 0 heterocycles. The van der Waals surface area contributed by atoms with Gasteiger partial charge in [-0.3, -0.25) is 4.79 Å². The molecule has 0 fully saturated rings. The van der Waals surface area contributed by atoms with Crippen molar-refractivity contribution in [3.05, 3.63) is 0 Å². The molecule has 0 aromatic heterocycles. The molecule has 2 N–H and O–H groups in total. The second-order valence-electron chi connectivity index (χ2n) is 3.20. The highest BCUT2D eigenvalue weighted by Crippen LogP contribution is 2.16. The summed E-state index contributed by atoms with van der Waals surface area (Å²) in [5, 5.41) is 0. The molecule has 3 nitrogen and oxygen atoms in total. The van der Waals surface area contributed by atoms with E-state index >= 15 is 0 Å². The van der Waals surface area contributed by atoms with Crippen LogP contribution in [0.15, 0.2) is 0 Å². The summed E-state index contributed by atoms with van der Waals surface area (Å²) in [6.45, 7) is -1.25. The van der Waals surface area contributed by atoms with Gasteiger partial charge in [0.25, 0.3) is 0 Å². The van der Waals surface area contributed by atoms with Crippen LogP contribution in [0.25, 0.3) is 0 Å². The summed E-state index contributed by atoms with van der Waals surface area (Å²) in [5.41, 5.74) is 5.45. The van der Waals surface area contributed by atoms with E-state index in [1.165, 1.54) is 11.8 Å². The molecule has 0 rings (SSSR count). The van der Waals surface area contributed by atoms with E-state index in [1.807, 2.05) is 6.26 Å². The Bertz CT molecular complexity index is 211. The molecular formula is C8H15F3N2OS. The fourth-order valence-corrected chi connectivity index (χ4v) is 1.49. The van der Waals surface area contributed by atoms with Gasteiger partial charge in [0.2, 0.25) is 5.91 Å². The second-order valence-corrected chi connectivity index (χ2v) is 4.18. The van der Waals surface area contributed by atoms with E-state index in [-0.39, 0.29) is 0 Å². The Morgan fingerprint density at radius 2 is 2.07 bits per heavy atom. The third-order valence-electron chi connectivity index (χ3n) is 1.74. The van der Waals surface area contributed by atoms with E-state index in [0.29, 0.717) is 17.1 Å². The van der Waals surface area contributed by atoms with E-state index in [2.05, 4.69) is 0 Å². The van der Waals surface area contributed by atoms with Crippen molar-refractivity contribution < 1.29 is 18.0 Å². The van der Waals surface area contributed by atoms with Gasteiger partial charge >= 0.3 is 6.18 Å². The molecule has 0 aliphatic heterocycles. The van der Waals surface area contributed by atoms with Crippen LogP contribution in [0.3, 0.4) is 0 Å². The molecule has 1 amide bonds. The van der Waals surface area contributed by atoms with Crippen molar-refractivity contribution in [3.63, 3.8) is 0 Å². The van der Waals surface area contributed by atoms with Crippen LogP contribution in [0.2, 0.25) is 0 Å². The Balaban J connectivity index is 4.08. The van der Waals surface area contributed by atoms with Crippen molar-refractivity contribution >= 4 is 17.7 Å². The van der Waals surface area contributed by atoms with Crippen LogP contribution in [-0.2, 0) is 4.79 Å². The van der Waals surface area contributed by atoms with Gasteiger partial charge < -0.3 is 10.6 Å². The van der Waals surface area contributed by atoms with E-state index in [9.17, 15) is 18.0 Å². The number of carbonyl (C=O) groups excluding carboxylic acids is 1. The topological polar surface area (TPSA) is 46.3 Å². The molecule has 0 aliphatic carbocycles. The van der Waals surface area contributed by atoms with Crippen molar-refractivity contribution in [3.8, 4) is 0 Å². The fraction of sp³-hybridized carbons (Fsp3) is 0.875.